The van der Waals surface area contributed by atoms with Crippen LogP contribution in [0.2, 0.25) is 0 Å². The maximum atomic E-state index is 13.1. The van der Waals surface area contributed by atoms with Crippen molar-refractivity contribution < 1.29 is 9.53 Å². The molecule has 0 unspecified atom stereocenters. The summed E-state index contributed by atoms with van der Waals surface area (Å²) in [7, 11) is 5.63. The number of aromatic nitrogens is 1. The number of ether oxygens (including phenoxy) is 1. The van der Waals surface area contributed by atoms with Crippen LogP contribution in [-0.4, -0.2) is 50.1 Å². The van der Waals surface area contributed by atoms with Crippen molar-refractivity contribution in [2.24, 2.45) is 0 Å². The van der Waals surface area contributed by atoms with Gasteiger partial charge >= 0.3 is 0 Å². The second-order valence-electron chi connectivity index (χ2n) is 6.43. The minimum atomic E-state index is -0.0372. The number of likely N-dealkylation sites (N-methyl/N-ethyl adjacent to an activating group) is 1. The van der Waals surface area contributed by atoms with Crippen molar-refractivity contribution in [1.82, 2.24) is 9.88 Å². The van der Waals surface area contributed by atoms with E-state index in [-0.39, 0.29) is 5.91 Å². The first-order chi connectivity index (χ1) is 12.5. The Kier molecular flexibility index (Phi) is 5.54. The van der Waals surface area contributed by atoms with Crippen LogP contribution in [0.3, 0.4) is 0 Å². The van der Waals surface area contributed by atoms with E-state index in [0.717, 1.165) is 28.1 Å². The van der Waals surface area contributed by atoms with E-state index in [4.69, 9.17) is 9.72 Å². The molecule has 3 aromatic rings. The van der Waals surface area contributed by atoms with Crippen molar-refractivity contribution in [3.63, 3.8) is 0 Å². The molecule has 0 fully saturated rings. The van der Waals surface area contributed by atoms with E-state index in [0.29, 0.717) is 17.2 Å². The lowest BCUT2D eigenvalue weighted by atomic mass is 10.1. The van der Waals surface area contributed by atoms with E-state index in [1.165, 1.54) is 11.3 Å². The Balaban J connectivity index is 2.00. The first-order valence-electron chi connectivity index (χ1n) is 8.46. The summed E-state index contributed by atoms with van der Waals surface area (Å²) in [5, 5.41) is 0.692. The van der Waals surface area contributed by atoms with Gasteiger partial charge in [0.25, 0.3) is 5.91 Å². The quantitative estimate of drug-likeness (QED) is 0.663. The molecule has 0 spiro atoms. The smallest absolute Gasteiger partial charge is 0.260 e. The van der Waals surface area contributed by atoms with Gasteiger partial charge in [0, 0.05) is 18.7 Å². The summed E-state index contributed by atoms with van der Waals surface area (Å²) in [6.45, 7) is 3.34. The first-order valence-corrected chi connectivity index (χ1v) is 9.28. The van der Waals surface area contributed by atoms with E-state index in [9.17, 15) is 4.79 Å². The summed E-state index contributed by atoms with van der Waals surface area (Å²) in [4.78, 5) is 21.7. The van der Waals surface area contributed by atoms with Crippen molar-refractivity contribution >= 4 is 32.6 Å². The van der Waals surface area contributed by atoms with Gasteiger partial charge < -0.3 is 9.64 Å². The number of amides is 1. The fourth-order valence-electron chi connectivity index (χ4n) is 2.63. The molecular formula is C20H23N3O2S. The lowest BCUT2D eigenvalue weighted by molar-refractivity contribution is 0.0985. The number of nitrogens with zero attached hydrogens (tertiary/aromatic N) is 3. The van der Waals surface area contributed by atoms with Crippen LogP contribution in [0.4, 0.5) is 5.13 Å². The number of fused-ring (bicyclic) bond motifs is 1. The number of para-hydroxylation sites is 1. The number of hydrogen-bond acceptors (Lipinski definition) is 5. The molecule has 0 aliphatic heterocycles. The molecule has 6 heteroatoms. The lowest BCUT2D eigenvalue weighted by Gasteiger charge is -2.22. The molecule has 0 bridgehead atoms. The van der Waals surface area contributed by atoms with Crippen LogP contribution in [0.15, 0.2) is 42.5 Å². The second-order valence-corrected chi connectivity index (χ2v) is 7.44. The van der Waals surface area contributed by atoms with Crippen LogP contribution >= 0.6 is 11.3 Å². The third-order valence-corrected chi connectivity index (χ3v) is 5.18. The molecule has 5 nitrogen and oxygen atoms in total. The summed E-state index contributed by atoms with van der Waals surface area (Å²) in [5.74, 6) is 0.685. The van der Waals surface area contributed by atoms with Gasteiger partial charge in [0.1, 0.15) is 11.3 Å². The summed E-state index contributed by atoms with van der Waals surface area (Å²) >= 11 is 1.51. The number of anilines is 1. The van der Waals surface area contributed by atoms with Crippen LogP contribution < -0.4 is 9.64 Å². The Morgan fingerprint density at radius 3 is 2.50 bits per heavy atom. The van der Waals surface area contributed by atoms with Crippen molar-refractivity contribution in [2.45, 2.75) is 6.92 Å². The molecule has 26 heavy (non-hydrogen) atoms. The molecule has 1 amide bonds. The van der Waals surface area contributed by atoms with Gasteiger partial charge in [-0.25, -0.2) is 4.98 Å². The van der Waals surface area contributed by atoms with Crippen LogP contribution in [0.1, 0.15) is 15.9 Å². The highest BCUT2D eigenvalue weighted by Crippen LogP contribution is 2.34. The Bertz CT molecular complexity index is 903. The van der Waals surface area contributed by atoms with E-state index in [1.807, 2.05) is 63.5 Å². The molecular weight excluding hydrogens is 346 g/mol. The minimum absolute atomic E-state index is 0.0372. The molecule has 0 aliphatic rings. The molecule has 0 aliphatic carbocycles. The zero-order valence-electron chi connectivity index (χ0n) is 15.5. The average molecular weight is 369 g/mol. The number of aryl methyl sites for hydroxylation is 1. The van der Waals surface area contributed by atoms with Gasteiger partial charge in [-0.2, -0.15) is 0 Å². The molecule has 0 atom stereocenters. The molecule has 3 rings (SSSR count). The molecule has 1 heterocycles. The van der Waals surface area contributed by atoms with Crippen molar-refractivity contribution in [2.75, 3.05) is 39.2 Å². The molecule has 0 radical (unpaired) electrons. The zero-order valence-corrected chi connectivity index (χ0v) is 16.3. The number of rotatable bonds is 6. The van der Waals surface area contributed by atoms with E-state index >= 15 is 0 Å². The highest BCUT2D eigenvalue weighted by Gasteiger charge is 2.22. The number of carbonyl (C=O) groups excluding carboxylic acids is 1. The van der Waals surface area contributed by atoms with Gasteiger partial charge in [0.15, 0.2) is 5.13 Å². The van der Waals surface area contributed by atoms with Crippen LogP contribution in [0.5, 0.6) is 5.75 Å². The largest absolute Gasteiger partial charge is 0.494 e. The average Bonchev–Trinajstić information content (AvgIpc) is 3.05. The monoisotopic (exact) mass is 369 g/mol. The predicted octanol–water partition coefficient (Wildman–Crippen LogP) is 3.82. The number of benzene rings is 2. The molecule has 2 aromatic carbocycles. The van der Waals surface area contributed by atoms with Crippen LogP contribution in [-0.2, 0) is 0 Å². The van der Waals surface area contributed by atoms with Crippen molar-refractivity contribution in [3.05, 3.63) is 53.6 Å². The van der Waals surface area contributed by atoms with E-state index in [1.54, 1.807) is 12.0 Å². The SMILES string of the molecule is COc1cccc2sc(N(CCN(C)C)C(=O)c3ccc(C)cc3)nc12. The topological polar surface area (TPSA) is 45.7 Å². The highest BCUT2D eigenvalue weighted by molar-refractivity contribution is 7.22. The number of carbonyl (C=O) groups is 1. The molecule has 0 N–H and O–H groups in total. The third-order valence-electron chi connectivity index (χ3n) is 4.14. The molecule has 136 valence electrons. The highest BCUT2D eigenvalue weighted by atomic mass is 32.1. The summed E-state index contributed by atoms with van der Waals surface area (Å²) in [6, 6.07) is 13.5. The fourth-order valence-corrected chi connectivity index (χ4v) is 3.64. The van der Waals surface area contributed by atoms with Crippen LogP contribution in [0.25, 0.3) is 10.2 Å². The lowest BCUT2D eigenvalue weighted by Crippen LogP contribution is -2.36. The van der Waals surface area contributed by atoms with Gasteiger partial charge in [0.2, 0.25) is 0 Å². The number of hydrogen-bond donors (Lipinski definition) is 0. The summed E-state index contributed by atoms with van der Waals surface area (Å²) < 4.78 is 6.41. The second kappa shape index (κ2) is 7.85. The zero-order chi connectivity index (χ0) is 18.7. The summed E-state index contributed by atoms with van der Waals surface area (Å²) in [5.41, 5.74) is 2.59. The standard InChI is InChI=1S/C20H23N3O2S/c1-14-8-10-15(11-9-14)19(24)23(13-12-22(2)3)20-21-18-16(25-4)6-5-7-17(18)26-20/h5-11H,12-13H2,1-4H3. The normalized spacial score (nSPS) is 11.1. The summed E-state index contributed by atoms with van der Waals surface area (Å²) in [6.07, 6.45) is 0. The van der Waals surface area contributed by atoms with E-state index < -0.39 is 0 Å². The van der Waals surface area contributed by atoms with Crippen LogP contribution in [0, 0.1) is 6.92 Å². The maximum Gasteiger partial charge on any atom is 0.260 e. The Morgan fingerprint density at radius 1 is 1.12 bits per heavy atom. The van der Waals surface area contributed by atoms with E-state index in [2.05, 4.69) is 4.90 Å². The Hall–Kier alpha value is -2.44. The Labute approximate surface area is 157 Å². The Morgan fingerprint density at radius 2 is 1.85 bits per heavy atom. The fraction of sp³-hybridized carbons (Fsp3) is 0.300. The number of methoxy groups -OCH3 is 1. The first kappa shape index (κ1) is 18.4. The number of thiazole rings is 1. The minimum Gasteiger partial charge on any atom is -0.494 e. The van der Waals surface area contributed by atoms with Gasteiger partial charge in [0.05, 0.1) is 11.8 Å². The maximum absolute atomic E-state index is 13.1. The van der Waals surface area contributed by atoms with Gasteiger partial charge in [-0.15, -0.1) is 0 Å². The van der Waals surface area contributed by atoms with Crippen molar-refractivity contribution in [1.29, 1.82) is 0 Å². The molecule has 0 saturated carbocycles. The predicted molar refractivity (Wildman–Crippen MR) is 108 cm³/mol. The van der Waals surface area contributed by atoms with Gasteiger partial charge in [-0.1, -0.05) is 35.1 Å². The van der Waals surface area contributed by atoms with Gasteiger partial charge in [-0.05, 0) is 45.3 Å². The van der Waals surface area contributed by atoms with Gasteiger partial charge in [-0.3, -0.25) is 9.69 Å². The molecule has 1 aromatic heterocycles. The third kappa shape index (κ3) is 3.86. The van der Waals surface area contributed by atoms with Crippen molar-refractivity contribution in [3.8, 4) is 5.75 Å². The molecule has 0 saturated heterocycles.